The van der Waals surface area contributed by atoms with Crippen LogP contribution in [-0.2, 0) is 11.2 Å². The predicted molar refractivity (Wildman–Crippen MR) is 84.3 cm³/mol. The molecule has 0 bridgehead atoms. The van der Waals surface area contributed by atoms with Crippen molar-refractivity contribution in [2.45, 2.75) is 39.5 Å². The molecule has 1 atom stereocenters. The minimum atomic E-state index is 0.233. The fraction of sp³-hybridized carbons (Fsp3) is 0.500. The summed E-state index contributed by atoms with van der Waals surface area (Å²) >= 11 is 0. The van der Waals surface area contributed by atoms with Crippen molar-refractivity contribution < 1.29 is 9.21 Å². The average Bonchev–Trinajstić information content (AvgIpc) is 2.89. The highest BCUT2D eigenvalue weighted by Gasteiger charge is 2.23. The van der Waals surface area contributed by atoms with Crippen LogP contribution in [0.25, 0.3) is 11.0 Å². The van der Waals surface area contributed by atoms with Crippen LogP contribution in [0.4, 0.5) is 0 Å². The maximum atomic E-state index is 12.5. The van der Waals surface area contributed by atoms with E-state index in [0.717, 1.165) is 42.5 Å². The lowest BCUT2D eigenvalue weighted by atomic mass is 9.95. The molecule has 1 amide bonds. The van der Waals surface area contributed by atoms with E-state index >= 15 is 0 Å². The van der Waals surface area contributed by atoms with Gasteiger partial charge in [-0.1, -0.05) is 25.5 Å². The molecule has 1 aromatic carbocycles. The molecule has 1 saturated heterocycles. The Bertz CT molecular complexity index is 644. The van der Waals surface area contributed by atoms with Crippen molar-refractivity contribution >= 4 is 16.9 Å². The summed E-state index contributed by atoms with van der Waals surface area (Å²) in [6.45, 7) is 6.09. The molecule has 2 aromatic rings. The van der Waals surface area contributed by atoms with Gasteiger partial charge in [0.2, 0.25) is 5.91 Å². The molecule has 3 rings (SSSR count). The molecule has 3 nitrogen and oxygen atoms in total. The normalized spacial score (nSPS) is 19.1. The van der Waals surface area contributed by atoms with Crippen LogP contribution in [0.3, 0.4) is 0 Å². The summed E-state index contributed by atoms with van der Waals surface area (Å²) in [4.78, 5) is 14.6. The molecular weight excluding hydrogens is 262 g/mol. The number of fused-ring (bicyclic) bond motifs is 1. The van der Waals surface area contributed by atoms with Crippen LogP contribution < -0.4 is 0 Å². The van der Waals surface area contributed by atoms with Gasteiger partial charge in [0.25, 0.3) is 0 Å². The second-order valence-electron chi connectivity index (χ2n) is 6.19. The lowest BCUT2D eigenvalue weighted by Gasteiger charge is -2.32. The second kappa shape index (κ2) is 5.92. The number of rotatable bonds is 3. The maximum absolute atomic E-state index is 12.5. The maximum Gasteiger partial charge on any atom is 0.227 e. The lowest BCUT2D eigenvalue weighted by molar-refractivity contribution is -0.132. The highest BCUT2D eigenvalue weighted by Crippen LogP contribution is 2.24. The number of benzene rings is 1. The Morgan fingerprint density at radius 3 is 3.10 bits per heavy atom. The monoisotopic (exact) mass is 285 g/mol. The van der Waals surface area contributed by atoms with Gasteiger partial charge < -0.3 is 9.32 Å². The highest BCUT2D eigenvalue weighted by molar-refractivity contribution is 5.88. The molecule has 21 heavy (non-hydrogen) atoms. The van der Waals surface area contributed by atoms with Gasteiger partial charge in [-0.15, -0.1) is 0 Å². The number of hydrogen-bond acceptors (Lipinski definition) is 2. The van der Waals surface area contributed by atoms with Crippen LogP contribution in [0.5, 0.6) is 0 Å². The minimum absolute atomic E-state index is 0.233. The molecular formula is C18H23NO2. The van der Waals surface area contributed by atoms with Gasteiger partial charge in [-0.05, 0) is 37.3 Å². The van der Waals surface area contributed by atoms with Crippen LogP contribution in [0.15, 0.2) is 28.9 Å². The molecule has 1 aromatic heterocycles. The third-order valence-electron chi connectivity index (χ3n) is 4.60. The number of amides is 1. The standard InChI is InChI=1S/C18H23NO2/c1-3-14-5-4-8-19(11-14)18(20)10-15-12-21-17-9-13(2)6-7-16(15)17/h6-7,9,12,14H,3-5,8,10-11H2,1-2H3. The van der Waals surface area contributed by atoms with Crippen molar-refractivity contribution in [2.24, 2.45) is 5.92 Å². The number of furan rings is 1. The number of likely N-dealkylation sites (tertiary alicyclic amines) is 1. The van der Waals surface area contributed by atoms with Crippen molar-refractivity contribution in [1.82, 2.24) is 4.90 Å². The first-order chi connectivity index (χ1) is 10.2. The van der Waals surface area contributed by atoms with Crippen molar-refractivity contribution in [2.75, 3.05) is 13.1 Å². The molecule has 0 aliphatic carbocycles. The van der Waals surface area contributed by atoms with Crippen LogP contribution in [0.1, 0.15) is 37.3 Å². The van der Waals surface area contributed by atoms with Gasteiger partial charge in [0.05, 0.1) is 12.7 Å². The summed E-state index contributed by atoms with van der Waals surface area (Å²) in [5, 5.41) is 1.07. The van der Waals surface area contributed by atoms with E-state index in [1.54, 1.807) is 6.26 Å². The van der Waals surface area contributed by atoms with Gasteiger partial charge in [0, 0.05) is 24.0 Å². The number of nitrogens with zero attached hydrogens (tertiary/aromatic N) is 1. The molecule has 1 unspecified atom stereocenters. The van der Waals surface area contributed by atoms with E-state index in [1.165, 1.54) is 12.0 Å². The van der Waals surface area contributed by atoms with Gasteiger partial charge in [-0.2, -0.15) is 0 Å². The third kappa shape index (κ3) is 2.97. The number of aryl methyl sites for hydroxylation is 1. The van der Waals surface area contributed by atoms with Crippen LogP contribution in [-0.4, -0.2) is 23.9 Å². The summed E-state index contributed by atoms with van der Waals surface area (Å²) in [5.74, 6) is 0.905. The molecule has 1 aliphatic heterocycles. The average molecular weight is 285 g/mol. The van der Waals surface area contributed by atoms with Crippen LogP contribution >= 0.6 is 0 Å². The van der Waals surface area contributed by atoms with Crippen molar-refractivity contribution in [3.63, 3.8) is 0 Å². The summed E-state index contributed by atoms with van der Waals surface area (Å²) in [7, 11) is 0. The Labute approximate surface area is 125 Å². The van der Waals surface area contributed by atoms with Crippen molar-refractivity contribution in [3.8, 4) is 0 Å². The Morgan fingerprint density at radius 1 is 1.43 bits per heavy atom. The van der Waals surface area contributed by atoms with E-state index in [-0.39, 0.29) is 5.91 Å². The summed E-state index contributed by atoms with van der Waals surface area (Å²) in [6.07, 6.45) is 5.75. The highest BCUT2D eigenvalue weighted by atomic mass is 16.3. The molecule has 0 spiro atoms. The predicted octanol–water partition coefficient (Wildman–Crippen LogP) is 3.93. The first-order valence-corrected chi connectivity index (χ1v) is 7.92. The Hall–Kier alpha value is -1.77. The Balaban J connectivity index is 1.74. The Kier molecular flexibility index (Phi) is 4.00. The third-order valence-corrected chi connectivity index (χ3v) is 4.60. The fourth-order valence-electron chi connectivity index (χ4n) is 3.23. The SMILES string of the molecule is CCC1CCCN(C(=O)Cc2coc3cc(C)ccc23)C1. The van der Waals surface area contributed by atoms with Crippen molar-refractivity contribution in [3.05, 3.63) is 35.6 Å². The summed E-state index contributed by atoms with van der Waals surface area (Å²) < 4.78 is 5.59. The zero-order chi connectivity index (χ0) is 14.8. The molecule has 3 heteroatoms. The largest absolute Gasteiger partial charge is 0.464 e. The van der Waals surface area contributed by atoms with Gasteiger partial charge in [-0.25, -0.2) is 0 Å². The van der Waals surface area contributed by atoms with Crippen LogP contribution in [0.2, 0.25) is 0 Å². The van der Waals surface area contributed by atoms with Gasteiger partial charge in [0.1, 0.15) is 5.58 Å². The quantitative estimate of drug-likeness (QED) is 0.856. The van der Waals surface area contributed by atoms with E-state index < -0.39 is 0 Å². The fourth-order valence-corrected chi connectivity index (χ4v) is 3.23. The lowest BCUT2D eigenvalue weighted by Crippen LogP contribution is -2.40. The zero-order valence-corrected chi connectivity index (χ0v) is 12.9. The van der Waals surface area contributed by atoms with E-state index in [0.29, 0.717) is 12.3 Å². The number of carbonyl (C=O) groups excluding carboxylic acids is 1. The molecule has 112 valence electrons. The van der Waals surface area contributed by atoms with E-state index in [2.05, 4.69) is 19.1 Å². The smallest absolute Gasteiger partial charge is 0.227 e. The minimum Gasteiger partial charge on any atom is -0.464 e. The molecule has 0 N–H and O–H groups in total. The summed E-state index contributed by atoms with van der Waals surface area (Å²) in [5.41, 5.74) is 3.06. The second-order valence-corrected chi connectivity index (χ2v) is 6.19. The number of carbonyl (C=O) groups is 1. The van der Waals surface area contributed by atoms with Gasteiger partial charge >= 0.3 is 0 Å². The van der Waals surface area contributed by atoms with E-state index in [9.17, 15) is 4.79 Å². The molecule has 1 fully saturated rings. The van der Waals surface area contributed by atoms with E-state index in [4.69, 9.17) is 4.42 Å². The van der Waals surface area contributed by atoms with Crippen molar-refractivity contribution in [1.29, 1.82) is 0 Å². The molecule has 2 heterocycles. The molecule has 0 radical (unpaired) electrons. The summed E-state index contributed by atoms with van der Waals surface area (Å²) in [6, 6.07) is 6.15. The van der Waals surface area contributed by atoms with Gasteiger partial charge in [-0.3, -0.25) is 4.79 Å². The topological polar surface area (TPSA) is 33.5 Å². The first-order valence-electron chi connectivity index (χ1n) is 7.92. The molecule has 1 aliphatic rings. The number of hydrogen-bond donors (Lipinski definition) is 0. The zero-order valence-electron chi connectivity index (χ0n) is 12.9. The van der Waals surface area contributed by atoms with Gasteiger partial charge in [0.15, 0.2) is 0 Å². The first kappa shape index (κ1) is 14.2. The van der Waals surface area contributed by atoms with E-state index in [1.807, 2.05) is 17.9 Å². The molecule has 0 saturated carbocycles. The Morgan fingerprint density at radius 2 is 2.29 bits per heavy atom. The van der Waals surface area contributed by atoms with Crippen LogP contribution in [0, 0.1) is 12.8 Å². The number of piperidine rings is 1.